The molecule has 0 saturated heterocycles. The zero-order chi connectivity index (χ0) is 18.7. The molecule has 0 spiro atoms. The topological polar surface area (TPSA) is 94.8 Å². The summed E-state index contributed by atoms with van der Waals surface area (Å²) in [6.45, 7) is 2.11. The maximum absolute atomic E-state index is 12.1. The molecular formula is C20H32O5. The van der Waals surface area contributed by atoms with Crippen LogP contribution in [-0.4, -0.2) is 39.3 Å². The van der Waals surface area contributed by atoms with Crippen LogP contribution in [0.1, 0.15) is 64.7 Å². The van der Waals surface area contributed by atoms with Crippen molar-refractivity contribution < 1.29 is 24.9 Å². The SMILES string of the molecule is CCCCC[C@H](O)C=CC1C(O)CC(=O)C1CC=CCCCC(=O)O. The summed E-state index contributed by atoms with van der Waals surface area (Å²) in [7, 11) is 0. The minimum Gasteiger partial charge on any atom is -0.481 e. The molecule has 3 N–H and O–H groups in total. The van der Waals surface area contributed by atoms with Crippen molar-refractivity contribution in [2.75, 3.05) is 0 Å². The number of ketones is 1. The molecule has 1 rings (SSSR count). The number of aliphatic hydroxyl groups excluding tert-OH is 2. The molecule has 0 aromatic rings. The summed E-state index contributed by atoms with van der Waals surface area (Å²) < 4.78 is 0. The Labute approximate surface area is 150 Å². The van der Waals surface area contributed by atoms with E-state index in [4.69, 9.17) is 5.11 Å². The number of hydrogen-bond donors (Lipinski definition) is 3. The van der Waals surface area contributed by atoms with Crippen LogP contribution in [0, 0.1) is 11.8 Å². The Morgan fingerprint density at radius 1 is 1.28 bits per heavy atom. The van der Waals surface area contributed by atoms with Gasteiger partial charge < -0.3 is 15.3 Å². The third-order valence-electron chi connectivity index (χ3n) is 4.71. The van der Waals surface area contributed by atoms with E-state index in [1.54, 1.807) is 12.2 Å². The number of unbranched alkanes of at least 4 members (excludes halogenated alkanes) is 3. The normalized spacial score (nSPS) is 25.2. The van der Waals surface area contributed by atoms with Crippen molar-refractivity contribution in [2.45, 2.75) is 76.9 Å². The first kappa shape index (κ1) is 21.6. The van der Waals surface area contributed by atoms with E-state index in [1.807, 2.05) is 12.2 Å². The second-order valence-electron chi connectivity index (χ2n) is 6.86. The van der Waals surface area contributed by atoms with Crippen LogP contribution in [0.3, 0.4) is 0 Å². The predicted molar refractivity (Wildman–Crippen MR) is 97.1 cm³/mol. The van der Waals surface area contributed by atoms with Crippen LogP contribution < -0.4 is 0 Å². The lowest BCUT2D eigenvalue weighted by Gasteiger charge is -2.16. The molecule has 1 aliphatic carbocycles. The average Bonchev–Trinajstić information content (AvgIpc) is 2.82. The van der Waals surface area contributed by atoms with Crippen molar-refractivity contribution in [1.82, 2.24) is 0 Å². The second-order valence-corrected chi connectivity index (χ2v) is 6.86. The Kier molecular flexibility index (Phi) is 10.3. The van der Waals surface area contributed by atoms with Gasteiger partial charge in [0.1, 0.15) is 5.78 Å². The maximum atomic E-state index is 12.1. The number of carboxylic acid groups (broad SMARTS) is 1. The molecule has 1 aliphatic rings. The summed E-state index contributed by atoms with van der Waals surface area (Å²) in [5, 5.41) is 28.7. The lowest BCUT2D eigenvalue weighted by Crippen LogP contribution is -2.18. The first-order chi connectivity index (χ1) is 12.0. The van der Waals surface area contributed by atoms with E-state index in [2.05, 4.69) is 6.92 Å². The molecule has 1 saturated carbocycles. The zero-order valence-electron chi connectivity index (χ0n) is 15.1. The van der Waals surface area contributed by atoms with Gasteiger partial charge in [-0.2, -0.15) is 0 Å². The van der Waals surface area contributed by atoms with E-state index in [1.165, 1.54) is 0 Å². The van der Waals surface area contributed by atoms with Gasteiger partial charge in [-0.25, -0.2) is 0 Å². The number of carboxylic acids is 1. The van der Waals surface area contributed by atoms with Gasteiger partial charge in [-0.15, -0.1) is 0 Å². The van der Waals surface area contributed by atoms with Gasteiger partial charge in [0.05, 0.1) is 12.2 Å². The van der Waals surface area contributed by atoms with E-state index in [9.17, 15) is 19.8 Å². The molecule has 25 heavy (non-hydrogen) atoms. The fourth-order valence-electron chi connectivity index (χ4n) is 3.22. The number of rotatable bonds is 12. The van der Waals surface area contributed by atoms with E-state index in [0.717, 1.165) is 19.3 Å². The van der Waals surface area contributed by atoms with Crippen molar-refractivity contribution in [1.29, 1.82) is 0 Å². The molecule has 0 heterocycles. The van der Waals surface area contributed by atoms with Gasteiger partial charge in [0.15, 0.2) is 0 Å². The van der Waals surface area contributed by atoms with Crippen LogP contribution in [0.5, 0.6) is 0 Å². The van der Waals surface area contributed by atoms with Gasteiger partial charge in [-0.1, -0.05) is 50.5 Å². The van der Waals surface area contributed by atoms with Crippen molar-refractivity contribution in [3.05, 3.63) is 24.3 Å². The molecule has 142 valence electrons. The Balaban J connectivity index is 2.48. The van der Waals surface area contributed by atoms with Crippen molar-refractivity contribution in [2.24, 2.45) is 11.8 Å². The fraction of sp³-hybridized carbons (Fsp3) is 0.700. The number of carbonyl (C=O) groups excluding carboxylic acids is 1. The van der Waals surface area contributed by atoms with Gasteiger partial charge in [0.2, 0.25) is 0 Å². The van der Waals surface area contributed by atoms with E-state index in [-0.39, 0.29) is 30.5 Å². The number of carbonyl (C=O) groups is 2. The molecule has 0 aromatic carbocycles. The molecule has 3 unspecified atom stereocenters. The average molecular weight is 352 g/mol. The fourth-order valence-corrected chi connectivity index (χ4v) is 3.22. The molecule has 0 bridgehead atoms. The van der Waals surface area contributed by atoms with Crippen molar-refractivity contribution >= 4 is 11.8 Å². The van der Waals surface area contributed by atoms with Crippen LogP contribution in [0.25, 0.3) is 0 Å². The summed E-state index contributed by atoms with van der Waals surface area (Å²) in [5.41, 5.74) is 0. The van der Waals surface area contributed by atoms with Gasteiger partial charge in [-0.3, -0.25) is 9.59 Å². The summed E-state index contributed by atoms with van der Waals surface area (Å²) >= 11 is 0. The molecule has 4 atom stereocenters. The Bertz CT molecular complexity index is 469. The summed E-state index contributed by atoms with van der Waals surface area (Å²) in [6, 6.07) is 0. The minimum atomic E-state index is -0.801. The highest BCUT2D eigenvalue weighted by Crippen LogP contribution is 2.33. The first-order valence-electron chi connectivity index (χ1n) is 9.39. The third kappa shape index (κ3) is 8.45. The maximum Gasteiger partial charge on any atom is 0.303 e. The van der Waals surface area contributed by atoms with Crippen LogP contribution in [0.4, 0.5) is 0 Å². The molecular weight excluding hydrogens is 320 g/mol. The highest BCUT2D eigenvalue weighted by Gasteiger charge is 2.39. The van der Waals surface area contributed by atoms with Crippen molar-refractivity contribution in [3.8, 4) is 0 Å². The molecule has 5 heteroatoms. The number of Topliss-reactive ketones (excluding diaryl/α,β-unsaturated/α-hetero) is 1. The van der Waals surface area contributed by atoms with Gasteiger partial charge in [0, 0.05) is 24.7 Å². The molecule has 0 aliphatic heterocycles. The van der Waals surface area contributed by atoms with Gasteiger partial charge >= 0.3 is 5.97 Å². The smallest absolute Gasteiger partial charge is 0.303 e. The highest BCUT2D eigenvalue weighted by molar-refractivity contribution is 5.84. The van der Waals surface area contributed by atoms with E-state index in [0.29, 0.717) is 25.7 Å². The Hall–Kier alpha value is -1.46. The highest BCUT2D eigenvalue weighted by atomic mass is 16.4. The largest absolute Gasteiger partial charge is 0.481 e. The molecule has 1 fully saturated rings. The van der Waals surface area contributed by atoms with Crippen molar-refractivity contribution in [3.63, 3.8) is 0 Å². The molecule has 0 radical (unpaired) electrons. The molecule has 5 nitrogen and oxygen atoms in total. The number of allylic oxidation sites excluding steroid dienone is 2. The molecule has 0 aromatic heterocycles. The third-order valence-corrected chi connectivity index (χ3v) is 4.71. The predicted octanol–water partition coefficient (Wildman–Crippen LogP) is 3.25. The second kappa shape index (κ2) is 12.0. The number of aliphatic hydroxyl groups is 2. The van der Waals surface area contributed by atoms with Crippen LogP contribution in [-0.2, 0) is 9.59 Å². The summed E-state index contributed by atoms with van der Waals surface area (Å²) in [4.78, 5) is 22.5. The van der Waals surface area contributed by atoms with E-state index < -0.39 is 18.2 Å². The number of aliphatic carboxylic acids is 1. The standard InChI is InChI=1S/C20H32O5/c1-2-3-6-9-15(21)12-13-17-16(18(22)14-19(17)23)10-7-4-5-8-11-20(24)25/h4,7,12-13,15-17,19,21,23H,2-3,5-6,8-11,14H2,1H3,(H,24,25)/t15-,16?,17?,19?/m0/s1. The number of hydrogen-bond acceptors (Lipinski definition) is 4. The lowest BCUT2D eigenvalue weighted by atomic mass is 9.90. The lowest BCUT2D eigenvalue weighted by molar-refractivity contribution is -0.137. The molecule has 0 amide bonds. The quantitative estimate of drug-likeness (QED) is 0.370. The Morgan fingerprint density at radius 2 is 2.04 bits per heavy atom. The van der Waals surface area contributed by atoms with Crippen LogP contribution >= 0.6 is 0 Å². The van der Waals surface area contributed by atoms with Crippen LogP contribution in [0.2, 0.25) is 0 Å². The first-order valence-corrected chi connectivity index (χ1v) is 9.39. The monoisotopic (exact) mass is 352 g/mol. The summed E-state index contributed by atoms with van der Waals surface area (Å²) in [5.74, 6) is -1.26. The minimum absolute atomic E-state index is 0.0535. The zero-order valence-corrected chi connectivity index (χ0v) is 15.1. The summed E-state index contributed by atoms with van der Waals surface area (Å²) in [6.07, 6.45) is 12.1. The van der Waals surface area contributed by atoms with E-state index >= 15 is 0 Å². The van der Waals surface area contributed by atoms with Gasteiger partial charge in [-0.05, 0) is 25.7 Å². The Morgan fingerprint density at radius 3 is 2.72 bits per heavy atom. The van der Waals surface area contributed by atoms with Crippen LogP contribution in [0.15, 0.2) is 24.3 Å². The van der Waals surface area contributed by atoms with Gasteiger partial charge in [0.25, 0.3) is 0 Å².